The van der Waals surface area contributed by atoms with Crippen LogP contribution in [0.4, 0.5) is 5.13 Å². The van der Waals surface area contributed by atoms with E-state index in [0.29, 0.717) is 10.7 Å². The van der Waals surface area contributed by atoms with Crippen molar-refractivity contribution in [1.82, 2.24) is 4.98 Å². The molecule has 0 aliphatic rings. The molecule has 1 amide bonds. The minimum absolute atomic E-state index is 0.233. The summed E-state index contributed by atoms with van der Waals surface area (Å²) in [5.41, 5.74) is 5.84. The van der Waals surface area contributed by atoms with Crippen LogP contribution in [0.2, 0.25) is 0 Å². The summed E-state index contributed by atoms with van der Waals surface area (Å²) in [4.78, 5) is 18.1. The Hall–Kier alpha value is -3.18. The molecule has 0 radical (unpaired) electrons. The summed E-state index contributed by atoms with van der Waals surface area (Å²) in [7, 11) is 0. The van der Waals surface area contributed by atoms with E-state index in [-0.39, 0.29) is 5.91 Å². The largest absolute Gasteiger partial charge is 0.472 e. The lowest BCUT2D eigenvalue weighted by Crippen LogP contribution is -2.10. The number of aromatic nitrogens is 1. The lowest BCUT2D eigenvalue weighted by atomic mass is 10.0. The number of carbonyl (C=O) groups is 1. The quantitative estimate of drug-likeness (QED) is 0.481. The third kappa shape index (κ3) is 3.68. The predicted octanol–water partition coefficient (Wildman–Crippen LogP) is 5.94. The van der Waals surface area contributed by atoms with Crippen LogP contribution in [0.3, 0.4) is 0 Å². The molecular formula is C22H18N2O2S. The molecule has 0 unspecified atom stereocenters. The maximum atomic E-state index is 12.4. The minimum Gasteiger partial charge on any atom is -0.472 e. The maximum Gasteiger partial charge on any atom is 0.260 e. The van der Waals surface area contributed by atoms with Gasteiger partial charge in [0.25, 0.3) is 5.91 Å². The third-order valence-electron chi connectivity index (χ3n) is 4.27. The van der Waals surface area contributed by atoms with Gasteiger partial charge in [0.1, 0.15) is 6.26 Å². The molecule has 1 N–H and O–H groups in total. The molecule has 0 fully saturated rings. The summed E-state index contributed by atoms with van der Waals surface area (Å²) in [5, 5.41) is 3.44. The number of aryl methyl sites for hydroxylation is 2. The van der Waals surface area contributed by atoms with Crippen molar-refractivity contribution in [1.29, 1.82) is 0 Å². The Kier molecular flexibility index (Phi) is 4.60. The lowest BCUT2D eigenvalue weighted by Gasteiger charge is -2.04. The van der Waals surface area contributed by atoms with E-state index in [1.54, 1.807) is 6.07 Å². The number of hydrogen-bond donors (Lipinski definition) is 1. The molecule has 4 aromatic rings. The van der Waals surface area contributed by atoms with Gasteiger partial charge in [-0.2, -0.15) is 0 Å². The first-order valence-electron chi connectivity index (χ1n) is 8.58. The fourth-order valence-corrected chi connectivity index (χ4v) is 3.73. The number of anilines is 1. The van der Waals surface area contributed by atoms with Gasteiger partial charge < -0.3 is 4.42 Å². The van der Waals surface area contributed by atoms with Gasteiger partial charge in [-0.25, -0.2) is 4.98 Å². The van der Waals surface area contributed by atoms with E-state index in [1.165, 1.54) is 35.0 Å². The first-order valence-corrected chi connectivity index (χ1v) is 9.40. The van der Waals surface area contributed by atoms with Crippen LogP contribution < -0.4 is 5.32 Å². The van der Waals surface area contributed by atoms with E-state index in [2.05, 4.69) is 67.7 Å². The van der Waals surface area contributed by atoms with Crippen LogP contribution in [-0.2, 0) is 0 Å². The number of rotatable bonds is 4. The Balaban J connectivity index is 1.75. The van der Waals surface area contributed by atoms with Gasteiger partial charge in [-0.3, -0.25) is 10.1 Å². The van der Waals surface area contributed by atoms with Crippen LogP contribution >= 0.6 is 11.3 Å². The number of nitrogens with zero attached hydrogens (tertiary/aromatic N) is 1. The topological polar surface area (TPSA) is 55.1 Å². The highest BCUT2D eigenvalue weighted by Gasteiger charge is 2.17. The number of amides is 1. The number of thiazole rings is 1. The Morgan fingerprint density at radius 2 is 1.56 bits per heavy atom. The van der Waals surface area contributed by atoms with Gasteiger partial charge in [-0.15, -0.1) is 0 Å². The van der Waals surface area contributed by atoms with E-state index < -0.39 is 0 Å². The van der Waals surface area contributed by atoms with E-state index in [4.69, 9.17) is 9.40 Å². The molecular weight excluding hydrogens is 356 g/mol. The maximum absolute atomic E-state index is 12.4. The molecule has 2 heterocycles. The minimum atomic E-state index is -0.233. The molecule has 0 aliphatic heterocycles. The Morgan fingerprint density at radius 1 is 0.926 bits per heavy atom. The van der Waals surface area contributed by atoms with Crippen molar-refractivity contribution in [3.8, 4) is 21.7 Å². The second-order valence-corrected chi connectivity index (χ2v) is 7.39. The molecule has 2 aromatic carbocycles. The fraction of sp³-hybridized carbons (Fsp3) is 0.0909. The van der Waals surface area contributed by atoms with E-state index in [0.717, 1.165) is 21.7 Å². The molecule has 0 atom stereocenters. The van der Waals surface area contributed by atoms with E-state index >= 15 is 0 Å². The van der Waals surface area contributed by atoms with Crippen molar-refractivity contribution < 1.29 is 9.21 Å². The molecule has 2 aromatic heterocycles. The Morgan fingerprint density at radius 3 is 2.15 bits per heavy atom. The van der Waals surface area contributed by atoms with Crippen molar-refractivity contribution in [3.63, 3.8) is 0 Å². The highest BCUT2D eigenvalue weighted by molar-refractivity contribution is 7.19. The molecule has 4 nitrogen and oxygen atoms in total. The molecule has 134 valence electrons. The Bertz CT molecular complexity index is 1000. The Labute approximate surface area is 161 Å². The van der Waals surface area contributed by atoms with Gasteiger partial charge in [0.15, 0.2) is 5.13 Å². The zero-order chi connectivity index (χ0) is 18.8. The van der Waals surface area contributed by atoms with Crippen LogP contribution in [0.5, 0.6) is 0 Å². The van der Waals surface area contributed by atoms with Crippen molar-refractivity contribution >= 4 is 22.4 Å². The van der Waals surface area contributed by atoms with Gasteiger partial charge in [-0.05, 0) is 25.5 Å². The van der Waals surface area contributed by atoms with Crippen LogP contribution in [0, 0.1) is 13.8 Å². The lowest BCUT2D eigenvalue weighted by molar-refractivity contribution is 0.102. The molecule has 0 aliphatic carbocycles. The normalized spacial score (nSPS) is 10.7. The number of benzene rings is 2. The first kappa shape index (κ1) is 17.2. The zero-order valence-electron chi connectivity index (χ0n) is 15.0. The van der Waals surface area contributed by atoms with Crippen molar-refractivity contribution in [2.45, 2.75) is 13.8 Å². The molecule has 0 saturated heterocycles. The predicted molar refractivity (Wildman–Crippen MR) is 109 cm³/mol. The van der Waals surface area contributed by atoms with Crippen LogP contribution in [0.15, 0.2) is 71.5 Å². The number of carbonyl (C=O) groups excluding carboxylic acids is 1. The van der Waals surface area contributed by atoms with Gasteiger partial charge in [0, 0.05) is 5.56 Å². The van der Waals surface area contributed by atoms with Gasteiger partial charge in [-0.1, -0.05) is 71.0 Å². The van der Waals surface area contributed by atoms with Gasteiger partial charge in [0.05, 0.1) is 22.4 Å². The first-order chi connectivity index (χ1) is 13.1. The standard InChI is InChI=1S/C22H18N2O2S/c1-14-3-7-16(8-4-14)19-20(17-9-5-15(2)6-10-17)27-22(23-19)24-21(25)18-11-12-26-13-18/h3-13H,1-2H3,(H,23,24,25). The van der Waals surface area contributed by atoms with E-state index in [1.807, 2.05) is 0 Å². The fourth-order valence-electron chi connectivity index (χ4n) is 2.74. The van der Waals surface area contributed by atoms with Crippen molar-refractivity contribution in [2.24, 2.45) is 0 Å². The average molecular weight is 374 g/mol. The molecule has 0 saturated carbocycles. The molecule has 4 rings (SSSR count). The highest BCUT2D eigenvalue weighted by Crippen LogP contribution is 2.39. The third-order valence-corrected chi connectivity index (χ3v) is 5.29. The highest BCUT2D eigenvalue weighted by atomic mass is 32.1. The van der Waals surface area contributed by atoms with Crippen molar-refractivity contribution in [2.75, 3.05) is 5.32 Å². The summed E-state index contributed by atoms with van der Waals surface area (Å²) in [6.45, 7) is 4.12. The van der Waals surface area contributed by atoms with Crippen molar-refractivity contribution in [3.05, 3.63) is 83.8 Å². The zero-order valence-corrected chi connectivity index (χ0v) is 15.8. The summed E-state index contributed by atoms with van der Waals surface area (Å²) in [5.74, 6) is -0.233. The second kappa shape index (κ2) is 7.21. The average Bonchev–Trinajstić information content (AvgIpc) is 3.33. The van der Waals surface area contributed by atoms with Crippen LogP contribution in [0.25, 0.3) is 21.7 Å². The molecule has 27 heavy (non-hydrogen) atoms. The van der Waals surface area contributed by atoms with Crippen LogP contribution in [-0.4, -0.2) is 10.9 Å². The number of furan rings is 1. The smallest absolute Gasteiger partial charge is 0.260 e. The molecule has 0 bridgehead atoms. The number of nitrogens with one attached hydrogen (secondary N) is 1. The summed E-state index contributed by atoms with van der Waals surface area (Å²) in [6.07, 6.45) is 2.90. The molecule has 0 spiro atoms. The van der Waals surface area contributed by atoms with E-state index in [9.17, 15) is 4.79 Å². The van der Waals surface area contributed by atoms with Crippen LogP contribution in [0.1, 0.15) is 21.5 Å². The second-order valence-electron chi connectivity index (χ2n) is 6.39. The number of hydrogen-bond acceptors (Lipinski definition) is 4. The molecule has 5 heteroatoms. The SMILES string of the molecule is Cc1ccc(-c2nc(NC(=O)c3ccoc3)sc2-c2ccc(C)cc2)cc1. The monoisotopic (exact) mass is 374 g/mol. The van der Waals surface area contributed by atoms with Gasteiger partial charge >= 0.3 is 0 Å². The van der Waals surface area contributed by atoms with Gasteiger partial charge in [0.2, 0.25) is 0 Å². The summed E-state index contributed by atoms with van der Waals surface area (Å²) < 4.78 is 4.99. The summed E-state index contributed by atoms with van der Waals surface area (Å²) >= 11 is 1.47. The summed E-state index contributed by atoms with van der Waals surface area (Å²) in [6, 6.07) is 18.2.